The first-order valence-electron chi connectivity index (χ1n) is 5.29. The third-order valence-corrected chi connectivity index (χ3v) is 2.85. The predicted molar refractivity (Wildman–Crippen MR) is 61.3 cm³/mol. The van der Waals surface area contributed by atoms with Gasteiger partial charge in [-0.1, -0.05) is 12.1 Å². The highest BCUT2D eigenvalue weighted by Gasteiger charge is 2.36. The molecule has 2 rings (SSSR count). The van der Waals surface area contributed by atoms with E-state index in [9.17, 15) is 4.39 Å². The van der Waals surface area contributed by atoms with Crippen molar-refractivity contribution in [3.8, 4) is 24.0 Å². The van der Waals surface area contributed by atoms with E-state index in [2.05, 4.69) is 0 Å². The zero-order valence-electron chi connectivity index (χ0n) is 9.59. The molecule has 0 radical (unpaired) electrons. The topological polar surface area (TPSA) is 107 Å². The Kier molecular flexibility index (Phi) is 3.06. The van der Waals surface area contributed by atoms with Gasteiger partial charge in [0, 0.05) is 5.56 Å². The van der Waals surface area contributed by atoms with Gasteiger partial charge in [-0.05, 0) is 6.07 Å². The molecule has 1 heterocycles. The fraction of sp³-hybridized carbons (Fsp3) is 0.154. The summed E-state index contributed by atoms with van der Waals surface area (Å²) >= 11 is 0. The predicted octanol–water partition coefficient (Wildman–Crippen LogP) is 1.66. The minimum absolute atomic E-state index is 0.0359. The van der Waals surface area contributed by atoms with Crippen molar-refractivity contribution in [3.05, 3.63) is 41.0 Å². The molecule has 0 fully saturated rings. The number of rotatable bonds is 1. The molecule has 2 N–H and O–H groups in total. The summed E-state index contributed by atoms with van der Waals surface area (Å²) in [6.07, 6.45) is 0. The van der Waals surface area contributed by atoms with Gasteiger partial charge < -0.3 is 10.5 Å². The van der Waals surface area contributed by atoms with E-state index in [1.165, 1.54) is 18.2 Å². The summed E-state index contributed by atoms with van der Waals surface area (Å²) in [6.45, 7) is 0. The van der Waals surface area contributed by atoms with Gasteiger partial charge in [0.25, 0.3) is 0 Å². The van der Waals surface area contributed by atoms with Crippen molar-refractivity contribution in [2.75, 3.05) is 0 Å². The number of nitrogens with two attached hydrogens (primary N) is 1. The van der Waals surface area contributed by atoms with Crippen molar-refractivity contribution in [1.82, 2.24) is 0 Å². The summed E-state index contributed by atoms with van der Waals surface area (Å²) in [6, 6.07) is 9.50. The minimum atomic E-state index is -1.14. The largest absolute Gasteiger partial charge is 0.437 e. The van der Waals surface area contributed by atoms with Gasteiger partial charge in [-0.2, -0.15) is 15.8 Å². The summed E-state index contributed by atoms with van der Waals surface area (Å²) in [7, 11) is 0. The van der Waals surface area contributed by atoms with Crippen LogP contribution in [-0.4, -0.2) is 0 Å². The summed E-state index contributed by atoms with van der Waals surface area (Å²) < 4.78 is 18.7. The maximum atomic E-state index is 13.7. The van der Waals surface area contributed by atoms with Crippen LogP contribution in [0, 0.1) is 45.7 Å². The second-order valence-electron chi connectivity index (χ2n) is 3.86. The molecular formula is C13H7FN4O. The molecule has 0 saturated carbocycles. The van der Waals surface area contributed by atoms with Gasteiger partial charge in [0.15, 0.2) is 11.6 Å². The quantitative estimate of drug-likeness (QED) is 0.820. The van der Waals surface area contributed by atoms with Crippen LogP contribution in [0.4, 0.5) is 4.39 Å². The highest BCUT2D eigenvalue weighted by molar-refractivity contribution is 5.52. The lowest BCUT2D eigenvalue weighted by atomic mass is 9.80. The van der Waals surface area contributed by atoms with Crippen molar-refractivity contribution >= 4 is 0 Å². The normalized spacial score (nSPS) is 16.9. The van der Waals surface area contributed by atoms with Gasteiger partial charge in [0.05, 0.1) is 23.6 Å². The monoisotopic (exact) mass is 254 g/mol. The Labute approximate surface area is 108 Å². The lowest BCUT2D eigenvalue weighted by Crippen LogP contribution is -2.24. The van der Waals surface area contributed by atoms with E-state index in [0.29, 0.717) is 0 Å². The van der Waals surface area contributed by atoms with Gasteiger partial charge >= 0.3 is 0 Å². The zero-order valence-corrected chi connectivity index (χ0v) is 9.59. The molecule has 5 nitrogen and oxygen atoms in total. The van der Waals surface area contributed by atoms with E-state index in [0.717, 1.165) is 0 Å². The van der Waals surface area contributed by atoms with Crippen LogP contribution in [-0.2, 0) is 0 Å². The molecule has 1 aliphatic heterocycles. The summed E-state index contributed by atoms with van der Waals surface area (Å²) in [5.74, 6) is -3.12. The van der Waals surface area contributed by atoms with E-state index in [1.54, 1.807) is 12.1 Å². The Morgan fingerprint density at radius 1 is 1.26 bits per heavy atom. The highest BCUT2D eigenvalue weighted by atomic mass is 19.1. The fourth-order valence-corrected chi connectivity index (χ4v) is 2.00. The van der Waals surface area contributed by atoms with Crippen molar-refractivity contribution in [3.63, 3.8) is 0 Å². The molecule has 1 unspecified atom stereocenters. The molecular weight excluding hydrogens is 247 g/mol. The van der Waals surface area contributed by atoms with Crippen molar-refractivity contribution in [2.24, 2.45) is 11.7 Å². The SMILES string of the molecule is N#CC1=C(N)Oc2c(F)cccc2C1C(C#N)C#N. The average Bonchev–Trinajstić information content (AvgIpc) is 2.41. The van der Waals surface area contributed by atoms with E-state index in [1.807, 2.05) is 6.07 Å². The molecule has 19 heavy (non-hydrogen) atoms. The van der Waals surface area contributed by atoms with Crippen molar-refractivity contribution < 1.29 is 9.13 Å². The first kappa shape index (κ1) is 12.4. The Balaban J connectivity index is 2.70. The molecule has 92 valence electrons. The number of nitriles is 3. The second-order valence-corrected chi connectivity index (χ2v) is 3.86. The molecule has 0 amide bonds. The molecule has 0 spiro atoms. The lowest BCUT2D eigenvalue weighted by Gasteiger charge is -2.26. The molecule has 1 aromatic carbocycles. The molecule has 0 aromatic heterocycles. The van der Waals surface area contributed by atoms with Crippen molar-refractivity contribution in [1.29, 1.82) is 15.8 Å². The fourth-order valence-electron chi connectivity index (χ4n) is 2.00. The Morgan fingerprint density at radius 3 is 2.53 bits per heavy atom. The molecule has 0 aliphatic carbocycles. The van der Waals surface area contributed by atoms with E-state index in [-0.39, 0.29) is 22.8 Å². The third-order valence-electron chi connectivity index (χ3n) is 2.85. The number of ether oxygens (including phenoxy) is 1. The lowest BCUT2D eigenvalue weighted by molar-refractivity contribution is 0.359. The number of allylic oxidation sites excluding steroid dienone is 1. The van der Waals surface area contributed by atoms with Crippen LogP contribution in [0.1, 0.15) is 11.5 Å². The van der Waals surface area contributed by atoms with Crippen LogP contribution in [0.15, 0.2) is 29.7 Å². The molecule has 0 saturated heterocycles. The molecule has 0 bridgehead atoms. The number of nitrogens with zero attached hydrogens (tertiary/aromatic N) is 3. The van der Waals surface area contributed by atoms with Gasteiger partial charge in [-0.3, -0.25) is 0 Å². The van der Waals surface area contributed by atoms with Crippen molar-refractivity contribution in [2.45, 2.75) is 5.92 Å². The molecule has 1 aliphatic rings. The number of hydrogen-bond acceptors (Lipinski definition) is 5. The first-order chi connectivity index (χ1) is 9.13. The average molecular weight is 254 g/mol. The van der Waals surface area contributed by atoms with E-state index >= 15 is 0 Å². The second kappa shape index (κ2) is 4.68. The maximum Gasteiger partial charge on any atom is 0.205 e. The highest BCUT2D eigenvalue weighted by Crippen LogP contribution is 2.42. The van der Waals surface area contributed by atoms with E-state index in [4.69, 9.17) is 26.3 Å². The summed E-state index contributed by atoms with van der Waals surface area (Å²) in [5.41, 5.74) is 5.80. The van der Waals surface area contributed by atoms with Gasteiger partial charge in [0.1, 0.15) is 12.0 Å². The molecule has 1 atom stereocenters. The van der Waals surface area contributed by atoms with Crippen LogP contribution in [0.3, 0.4) is 0 Å². The van der Waals surface area contributed by atoms with Gasteiger partial charge in [0.2, 0.25) is 5.88 Å². The summed E-state index contributed by atoms with van der Waals surface area (Å²) in [4.78, 5) is 0. The van der Waals surface area contributed by atoms with Crippen LogP contribution in [0.5, 0.6) is 5.75 Å². The molecule has 1 aromatic rings. The van der Waals surface area contributed by atoms with Gasteiger partial charge in [-0.25, -0.2) is 4.39 Å². The first-order valence-corrected chi connectivity index (χ1v) is 5.29. The van der Waals surface area contributed by atoms with E-state index < -0.39 is 17.7 Å². The zero-order chi connectivity index (χ0) is 14.0. The molecule has 6 heteroatoms. The minimum Gasteiger partial charge on any atom is -0.437 e. The third kappa shape index (κ3) is 1.84. The Morgan fingerprint density at radius 2 is 1.95 bits per heavy atom. The Hall–Kier alpha value is -3.04. The Bertz CT molecular complexity index is 676. The van der Waals surface area contributed by atoms with Crippen LogP contribution < -0.4 is 10.5 Å². The van der Waals surface area contributed by atoms with Crippen LogP contribution >= 0.6 is 0 Å². The number of hydrogen-bond donors (Lipinski definition) is 1. The number of para-hydroxylation sites is 1. The summed E-state index contributed by atoms with van der Waals surface area (Å²) in [5, 5.41) is 27.1. The number of fused-ring (bicyclic) bond motifs is 1. The standard InChI is InChI=1S/C13H7FN4O/c14-10-3-1-2-8-11(7(4-15)5-16)9(6-17)13(18)19-12(8)10/h1-3,7,11H,18H2. The smallest absolute Gasteiger partial charge is 0.205 e. The van der Waals surface area contributed by atoms with Crippen LogP contribution in [0.2, 0.25) is 0 Å². The van der Waals surface area contributed by atoms with Gasteiger partial charge in [-0.15, -0.1) is 0 Å². The van der Waals surface area contributed by atoms with Crippen LogP contribution in [0.25, 0.3) is 0 Å². The number of benzene rings is 1. The number of halogens is 1. The maximum absolute atomic E-state index is 13.7.